The third-order valence-electron chi connectivity index (χ3n) is 5.28. The second-order valence-corrected chi connectivity index (χ2v) is 7.34. The summed E-state index contributed by atoms with van der Waals surface area (Å²) < 4.78 is 13.2. The van der Waals surface area contributed by atoms with E-state index in [1.54, 1.807) is 10.5 Å². The van der Waals surface area contributed by atoms with Gasteiger partial charge in [-0.05, 0) is 62.6 Å². The van der Waals surface area contributed by atoms with E-state index < -0.39 is 0 Å². The lowest BCUT2D eigenvalue weighted by molar-refractivity contribution is 0.239. The maximum absolute atomic E-state index is 12.6. The Hall–Kier alpha value is -2.86. The highest BCUT2D eigenvalue weighted by Gasteiger charge is 2.20. The van der Waals surface area contributed by atoms with Crippen LogP contribution in [0.5, 0.6) is 11.5 Å². The predicted molar refractivity (Wildman–Crippen MR) is 113 cm³/mol. The molecule has 6 heteroatoms. The van der Waals surface area contributed by atoms with Gasteiger partial charge in [0.25, 0.3) is 5.56 Å². The number of hydrogen-bond donors (Lipinski definition) is 0. The zero-order valence-electron chi connectivity index (χ0n) is 17.3. The molecular weight excluding hydrogens is 366 g/mol. The van der Waals surface area contributed by atoms with Crippen molar-refractivity contribution in [3.63, 3.8) is 0 Å². The van der Waals surface area contributed by atoms with Gasteiger partial charge >= 0.3 is 0 Å². The molecule has 6 nitrogen and oxygen atoms in total. The zero-order chi connectivity index (χ0) is 20.4. The Balaban J connectivity index is 1.58. The van der Waals surface area contributed by atoms with E-state index in [1.807, 2.05) is 39.0 Å². The average Bonchev–Trinajstić information content (AvgIpc) is 2.69. The molecule has 0 radical (unpaired) electrons. The lowest BCUT2D eigenvalue weighted by atomic mass is 9.98. The number of nitrogens with zero attached hydrogens (tertiary/aromatic N) is 3. The first kappa shape index (κ1) is 19.5. The van der Waals surface area contributed by atoms with Crippen molar-refractivity contribution in [2.24, 2.45) is 0 Å². The van der Waals surface area contributed by atoms with Crippen LogP contribution in [-0.4, -0.2) is 34.0 Å². The lowest BCUT2D eigenvalue weighted by Crippen LogP contribution is -2.31. The lowest BCUT2D eigenvalue weighted by Gasteiger charge is -2.29. The molecule has 0 saturated carbocycles. The first-order chi connectivity index (χ1) is 14.1. The molecule has 1 aromatic carbocycles. The van der Waals surface area contributed by atoms with Gasteiger partial charge in [-0.2, -0.15) is 0 Å². The number of rotatable bonds is 6. The van der Waals surface area contributed by atoms with Gasteiger partial charge in [-0.1, -0.05) is 6.07 Å². The van der Waals surface area contributed by atoms with Crippen molar-refractivity contribution in [1.82, 2.24) is 14.3 Å². The smallest absolute Gasteiger partial charge is 0.258 e. The van der Waals surface area contributed by atoms with Crippen molar-refractivity contribution in [2.45, 2.75) is 40.3 Å². The van der Waals surface area contributed by atoms with Gasteiger partial charge in [0, 0.05) is 31.4 Å². The van der Waals surface area contributed by atoms with E-state index >= 15 is 0 Å². The average molecular weight is 393 g/mol. The van der Waals surface area contributed by atoms with Crippen molar-refractivity contribution in [2.75, 3.05) is 19.8 Å². The second kappa shape index (κ2) is 8.25. The Bertz CT molecular complexity index is 1090. The number of pyridine rings is 1. The Labute approximate surface area is 170 Å². The molecular formula is C23H27N3O3. The Morgan fingerprint density at radius 3 is 2.48 bits per heavy atom. The highest BCUT2D eigenvalue weighted by Crippen LogP contribution is 2.34. The molecule has 152 valence electrons. The molecule has 0 spiro atoms. The van der Waals surface area contributed by atoms with Crippen molar-refractivity contribution in [3.8, 4) is 11.5 Å². The number of benzene rings is 1. The van der Waals surface area contributed by atoms with Crippen LogP contribution in [-0.2, 0) is 19.5 Å². The summed E-state index contributed by atoms with van der Waals surface area (Å²) >= 11 is 0. The van der Waals surface area contributed by atoms with Crippen LogP contribution in [0.1, 0.15) is 36.4 Å². The normalized spacial score (nSPS) is 14.0. The van der Waals surface area contributed by atoms with Crippen LogP contribution in [0.3, 0.4) is 0 Å². The van der Waals surface area contributed by atoms with E-state index in [9.17, 15) is 4.79 Å². The third kappa shape index (κ3) is 3.98. The molecule has 1 aliphatic heterocycles. The van der Waals surface area contributed by atoms with Gasteiger partial charge < -0.3 is 9.47 Å². The van der Waals surface area contributed by atoms with Crippen LogP contribution in [0, 0.1) is 6.92 Å². The van der Waals surface area contributed by atoms with E-state index in [0.717, 1.165) is 42.4 Å². The molecule has 0 fully saturated rings. The summed E-state index contributed by atoms with van der Waals surface area (Å²) in [5.41, 5.74) is 4.92. The van der Waals surface area contributed by atoms with E-state index in [2.05, 4.69) is 17.0 Å². The summed E-state index contributed by atoms with van der Waals surface area (Å²) in [6.07, 6.45) is 0.938. The van der Waals surface area contributed by atoms with Crippen LogP contribution >= 0.6 is 0 Å². The van der Waals surface area contributed by atoms with Gasteiger partial charge in [-0.3, -0.25) is 14.1 Å². The number of fused-ring (bicyclic) bond motifs is 2. The summed E-state index contributed by atoms with van der Waals surface area (Å²) in [6.45, 7) is 9.48. The molecule has 1 aliphatic rings. The number of aryl methyl sites for hydroxylation is 1. The Morgan fingerprint density at radius 1 is 1.03 bits per heavy atom. The van der Waals surface area contributed by atoms with Gasteiger partial charge in [0.1, 0.15) is 5.65 Å². The molecule has 2 aromatic heterocycles. The zero-order valence-corrected chi connectivity index (χ0v) is 17.3. The van der Waals surface area contributed by atoms with Crippen LogP contribution < -0.4 is 15.0 Å². The third-order valence-corrected chi connectivity index (χ3v) is 5.28. The SMILES string of the molecule is CCOc1cc2c(cc1OCC)CN(Cc1cc(=O)n3c(C)cccc3n1)CC2. The first-order valence-electron chi connectivity index (χ1n) is 10.2. The highest BCUT2D eigenvalue weighted by atomic mass is 16.5. The largest absolute Gasteiger partial charge is 0.490 e. The fraction of sp³-hybridized carbons (Fsp3) is 0.391. The van der Waals surface area contributed by atoms with E-state index in [0.29, 0.717) is 25.4 Å². The van der Waals surface area contributed by atoms with Crippen LogP contribution in [0.15, 0.2) is 41.2 Å². The molecule has 0 amide bonds. The minimum atomic E-state index is -0.0273. The molecule has 4 rings (SSSR count). The minimum Gasteiger partial charge on any atom is -0.490 e. The molecule has 3 aromatic rings. The summed E-state index contributed by atoms with van der Waals surface area (Å²) in [4.78, 5) is 19.6. The van der Waals surface area contributed by atoms with Gasteiger partial charge in [0.15, 0.2) is 11.5 Å². The summed E-state index contributed by atoms with van der Waals surface area (Å²) in [5.74, 6) is 1.62. The number of ether oxygens (including phenoxy) is 2. The maximum Gasteiger partial charge on any atom is 0.258 e. The summed E-state index contributed by atoms with van der Waals surface area (Å²) in [7, 11) is 0. The maximum atomic E-state index is 12.6. The minimum absolute atomic E-state index is 0.0273. The molecule has 0 unspecified atom stereocenters. The van der Waals surface area contributed by atoms with Gasteiger partial charge in [-0.15, -0.1) is 0 Å². The Kier molecular flexibility index (Phi) is 5.53. The van der Waals surface area contributed by atoms with Crippen LogP contribution in [0.25, 0.3) is 5.65 Å². The fourth-order valence-corrected chi connectivity index (χ4v) is 3.97. The number of hydrogen-bond acceptors (Lipinski definition) is 5. The highest BCUT2D eigenvalue weighted by molar-refractivity contribution is 5.48. The van der Waals surface area contributed by atoms with E-state index in [4.69, 9.17) is 14.5 Å². The summed E-state index contributed by atoms with van der Waals surface area (Å²) in [6, 6.07) is 11.6. The summed E-state index contributed by atoms with van der Waals surface area (Å²) in [5, 5.41) is 0. The quantitative estimate of drug-likeness (QED) is 0.643. The first-order valence-corrected chi connectivity index (χ1v) is 10.2. The van der Waals surface area contributed by atoms with E-state index in [1.165, 1.54) is 11.1 Å². The van der Waals surface area contributed by atoms with Crippen LogP contribution in [0.4, 0.5) is 0 Å². The van der Waals surface area contributed by atoms with Gasteiger partial charge in [-0.25, -0.2) is 4.98 Å². The molecule has 0 saturated heterocycles. The fourth-order valence-electron chi connectivity index (χ4n) is 3.97. The van der Waals surface area contributed by atoms with E-state index in [-0.39, 0.29) is 5.56 Å². The molecule has 0 aliphatic carbocycles. The molecule has 0 bridgehead atoms. The molecule has 3 heterocycles. The predicted octanol–water partition coefficient (Wildman–Crippen LogP) is 3.36. The van der Waals surface area contributed by atoms with Crippen molar-refractivity contribution < 1.29 is 9.47 Å². The monoisotopic (exact) mass is 393 g/mol. The standard InChI is InChI=1S/C23H27N3O3/c1-4-28-20-11-17-9-10-25(14-18(17)12-21(20)29-5-2)15-19-13-23(27)26-16(3)7-6-8-22(26)24-19/h6-8,11-13H,4-5,9-10,14-15H2,1-3H3. The van der Waals surface area contributed by atoms with Gasteiger partial charge in [0.05, 0.1) is 18.9 Å². The Morgan fingerprint density at radius 2 is 1.76 bits per heavy atom. The molecule has 29 heavy (non-hydrogen) atoms. The van der Waals surface area contributed by atoms with Crippen molar-refractivity contribution in [1.29, 1.82) is 0 Å². The second-order valence-electron chi connectivity index (χ2n) is 7.34. The topological polar surface area (TPSA) is 56.1 Å². The molecule has 0 N–H and O–H groups in total. The number of aromatic nitrogens is 2. The van der Waals surface area contributed by atoms with Crippen molar-refractivity contribution >= 4 is 5.65 Å². The van der Waals surface area contributed by atoms with Gasteiger partial charge in [0.2, 0.25) is 0 Å². The molecule has 0 atom stereocenters. The van der Waals surface area contributed by atoms with Crippen LogP contribution in [0.2, 0.25) is 0 Å². The van der Waals surface area contributed by atoms with Crippen molar-refractivity contribution in [3.05, 3.63) is 69.3 Å².